The normalized spacial score (nSPS) is 30.1. The van der Waals surface area contributed by atoms with Crippen LogP contribution in [0.15, 0.2) is 0 Å². The van der Waals surface area contributed by atoms with Crippen LogP contribution in [0.4, 0.5) is 4.79 Å². The molecule has 0 spiro atoms. The second-order valence-electron chi connectivity index (χ2n) is 5.91. The second kappa shape index (κ2) is 5.16. The summed E-state index contributed by atoms with van der Waals surface area (Å²) in [6.45, 7) is 2.08. The van der Waals surface area contributed by atoms with Gasteiger partial charge in [0.1, 0.15) is 0 Å². The summed E-state index contributed by atoms with van der Waals surface area (Å²) in [5, 5.41) is 14.8. The van der Waals surface area contributed by atoms with Gasteiger partial charge in [-0.1, -0.05) is 12.8 Å². The molecule has 2 saturated carbocycles. The third kappa shape index (κ3) is 3.15. The maximum atomic E-state index is 11.9. The van der Waals surface area contributed by atoms with Crippen LogP contribution in [0.2, 0.25) is 0 Å². The Morgan fingerprint density at radius 3 is 2.44 bits per heavy atom. The third-order valence-corrected chi connectivity index (χ3v) is 4.24. The molecule has 3 N–H and O–H groups in total. The first-order chi connectivity index (χ1) is 8.48. The number of carbonyl (C=O) groups excluding carboxylic acids is 1. The lowest BCUT2D eigenvalue weighted by Gasteiger charge is -2.26. The second-order valence-corrected chi connectivity index (χ2v) is 5.91. The number of carbonyl (C=O) groups is 2. The standard InChI is InChI=1S/C13H22N2O3/c1-13(6-2-3-7-13)15-12(18)14-10-5-4-9(8-10)11(16)17/h9-10H,2-8H2,1H3,(H,16,17)(H2,14,15,18). The lowest BCUT2D eigenvalue weighted by Crippen LogP contribution is -2.50. The molecule has 0 bridgehead atoms. The van der Waals surface area contributed by atoms with Gasteiger partial charge < -0.3 is 15.7 Å². The molecule has 5 heteroatoms. The first-order valence-corrected chi connectivity index (χ1v) is 6.80. The van der Waals surface area contributed by atoms with E-state index >= 15 is 0 Å². The zero-order valence-electron chi connectivity index (χ0n) is 10.9. The molecule has 2 unspecified atom stereocenters. The molecule has 2 rings (SSSR count). The highest BCUT2D eigenvalue weighted by Gasteiger charge is 2.33. The molecular weight excluding hydrogens is 232 g/mol. The quantitative estimate of drug-likeness (QED) is 0.719. The summed E-state index contributed by atoms with van der Waals surface area (Å²) in [4.78, 5) is 22.7. The van der Waals surface area contributed by atoms with Crippen molar-refractivity contribution in [2.45, 2.75) is 63.5 Å². The van der Waals surface area contributed by atoms with E-state index in [1.54, 1.807) is 0 Å². The van der Waals surface area contributed by atoms with Crippen molar-refractivity contribution in [2.75, 3.05) is 0 Å². The summed E-state index contributed by atoms with van der Waals surface area (Å²) in [7, 11) is 0. The molecule has 0 heterocycles. The summed E-state index contributed by atoms with van der Waals surface area (Å²) >= 11 is 0. The van der Waals surface area contributed by atoms with E-state index in [-0.39, 0.29) is 23.5 Å². The molecule has 0 radical (unpaired) electrons. The smallest absolute Gasteiger partial charge is 0.315 e. The first kappa shape index (κ1) is 13.2. The fourth-order valence-electron chi connectivity index (χ4n) is 3.11. The predicted molar refractivity (Wildman–Crippen MR) is 67.3 cm³/mol. The molecule has 0 aliphatic heterocycles. The number of aliphatic carboxylic acids is 1. The highest BCUT2D eigenvalue weighted by molar-refractivity contribution is 5.75. The third-order valence-electron chi connectivity index (χ3n) is 4.24. The average molecular weight is 254 g/mol. The number of carboxylic acids is 1. The molecule has 5 nitrogen and oxygen atoms in total. The van der Waals surface area contributed by atoms with Gasteiger partial charge in [0.15, 0.2) is 0 Å². The van der Waals surface area contributed by atoms with Crippen LogP contribution in [-0.2, 0) is 4.79 Å². The molecule has 2 atom stereocenters. The van der Waals surface area contributed by atoms with Gasteiger partial charge in [-0.25, -0.2) is 4.79 Å². The van der Waals surface area contributed by atoms with E-state index in [1.807, 2.05) is 0 Å². The minimum Gasteiger partial charge on any atom is -0.481 e. The van der Waals surface area contributed by atoms with Gasteiger partial charge in [-0.2, -0.15) is 0 Å². The van der Waals surface area contributed by atoms with E-state index in [0.29, 0.717) is 12.8 Å². The summed E-state index contributed by atoms with van der Waals surface area (Å²) in [6, 6.07) is -0.133. The minimum atomic E-state index is -0.748. The topological polar surface area (TPSA) is 78.4 Å². The Labute approximate surface area is 107 Å². The van der Waals surface area contributed by atoms with Crippen molar-refractivity contribution < 1.29 is 14.7 Å². The number of hydrogen-bond acceptors (Lipinski definition) is 2. The molecule has 18 heavy (non-hydrogen) atoms. The monoisotopic (exact) mass is 254 g/mol. The molecule has 2 aliphatic rings. The Kier molecular flexibility index (Phi) is 3.78. The lowest BCUT2D eigenvalue weighted by molar-refractivity contribution is -0.141. The molecule has 0 saturated heterocycles. The highest BCUT2D eigenvalue weighted by Crippen LogP contribution is 2.29. The van der Waals surface area contributed by atoms with Gasteiger partial charge in [0.05, 0.1) is 5.92 Å². The van der Waals surface area contributed by atoms with Gasteiger partial charge >= 0.3 is 12.0 Å². The van der Waals surface area contributed by atoms with E-state index in [0.717, 1.165) is 19.3 Å². The van der Waals surface area contributed by atoms with Gasteiger partial charge in [-0.05, 0) is 39.0 Å². The van der Waals surface area contributed by atoms with Crippen LogP contribution >= 0.6 is 0 Å². The van der Waals surface area contributed by atoms with Crippen molar-refractivity contribution in [2.24, 2.45) is 5.92 Å². The minimum absolute atomic E-state index is 0.0103. The lowest BCUT2D eigenvalue weighted by atomic mass is 10.0. The summed E-state index contributed by atoms with van der Waals surface area (Å²) in [5.41, 5.74) is -0.0745. The summed E-state index contributed by atoms with van der Waals surface area (Å²) in [5.74, 6) is -1.04. The van der Waals surface area contributed by atoms with Crippen molar-refractivity contribution in [1.29, 1.82) is 0 Å². The molecular formula is C13H22N2O3. The van der Waals surface area contributed by atoms with Gasteiger partial charge in [0.2, 0.25) is 0 Å². The van der Waals surface area contributed by atoms with Crippen molar-refractivity contribution in [3.8, 4) is 0 Å². The molecule has 2 fully saturated rings. The molecule has 102 valence electrons. The number of nitrogens with one attached hydrogen (secondary N) is 2. The van der Waals surface area contributed by atoms with Gasteiger partial charge in [0.25, 0.3) is 0 Å². The van der Waals surface area contributed by atoms with E-state index < -0.39 is 5.97 Å². The van der Waals surface area contributed by atoms with Crippen LogP contribution in [0, 0.1) is 5.92 Å². The van der Waals surface area contributed by atoms with Gasteiger partial charge in [-0.15, -0.1) is 0 Å². The predicted octanol–water partition coefficient (Wildman–Crippen LogP) is 1.87. The number of carboxylic acid groups (broad SMARTS) is 1. The zero-order valence-corrected chi connectivity index (χ0v) is 10.9. The van der Waals surface area contributed by atoms with Crippen molar-refractivity contribution in [1.82, 2.24) is 10.6 Å². The Morgan fingerprint density at radius 2 is 1.89 bits per heavy atom. The van der Waals surface area contributed by atoms with Crippen LogP contribution in [0.1, 0.15) is 51.9 Å². The molecule has 2 amide bonds. The summed E-state index contributed by atoms with van der Waals surface area (Å²) in [6.07, 6.45) is 6.38. The Morgan fingerprint density at radius 1 is 1.22 bits per heavy atom. The van der Waals surface area contributed by atoms with E-state index in [9.17, 15) is 9.59 Å². The fourth-order valence-corrected chi connectivity index (χ4v) is 3.11. The van der Waals surface area contributed by atoms with Crippen molar-refractivity contribution in [3.63, 3.8) is 0 Å². The van der Waals surface area contributed by atoms with E-state index in [1.165, 1.54) is 12.8 Å². The Hall–Kier alpha value is -1.26. The number of amides is 2. The van der Waals surface area contributed by atoms with Crippen LogP contribution in [-0.4, -0.2) is 28.7 Å². The van der Waals surface area contributed by atoms with E-state index in [4.69, 9.17) is 5.11 Å². The van der Waals surface area contributed by atoms with Crippen LogP contribution in [0.5, 0.6) is 0 Å². The largest absolute Gasteiger partial charge is 0.481 e. The zero-order chi connectivity index (χ0) is 13.2. The average Bonchev–Trinajstić information content (AvgIpc) is 2.87. The maximum Gasteiger partial charge on any atom is 0.315 e. The van der Waals surface area contributed by atoms with E-state index in [2.05, 4.69) is 17.6 Å². The van der Waals surface area contributed by atoms with Crippen LogP contribution in [0.25, 0.3) is 0 Å². The molecule has 0 aromatic carbocycles. The maximum absolute atomic E-state index is 11.9. The van der Waals surface area contributed by atoms with Crippen molar-refractivity contribution >= 4 is 12.0 Å². The first-order valence-electron chi connectivity index (χ1n) is 6.80. The Bertz CT molecular complexity index is 337. The van der Waals surface area contributed by atoms with Crippen molar-refractivity contribution in [3.05, 3.63) is 0 Å². The molecule has 2 aliphatic carbocycles. The molecule has 0 aromatic heterocycles. The van der Waals surface area contributed by atoms with Gasteiger partial charge in [0, 0.05) is 11.6 Å². The fraction of sp³-hybridized carbons (Fsp3) is 0.846. The number of urea groups is 1. The van der Waals surface area contributed by atoms with Gasteiger partial charge in [-0.3, -0.25) is 4.79 Å². The highest BCUT2D eigenvalue weighted by atomic mass is 16.4. The molecule has 0 aromatic rings. The number of hydrogen-bond donors (Lipinski definition) is 3. The Balaban J connectivity index is 1.76. The van der Waals surface area contributed by atoms with Crippen LogP contribution in [0.3, 0.4) is 0 Å². The van der Waals surface area contributed by atoms with Crippen LogP contribution < -0.4 is 10.6 Å². The number of rotatable bonds is 3. The summed E-state index contributed by atoms with van der Waals surface area (Å²) < 4.78 is 0. The SMILES string of the molecule is CC1(NC(=O)NC2CCC(C(=O)O)C2)CCCC1.